The Morgan fingerprint density at radius 2 is 2.47 bits per heavy atom. The summed E-state index contributed by atoms with van der Waals surface area (Å²) in [5.74, 6) is 0.127. The van der Waals surface area contributed by atoms with Crippen molar-refractivity contribution in [3.8, 4) is 0 Å². The molecule has 2 atom stereocenters. The molecule has 0 bridgehead atoms. The second kappa shape index (κ2) is 6.00. The van der Waals surface area contributed by atoms with Crippen molar-refractivity contribution in [2.45, 2.75) is 31.7 Å². The highest BCUT2D eigenvalue weighted by Crippen LogP contribution is 2.19. The van der Waals surface area contributed by atoms with E-state index >= 15 is 0 Å². The van der Waals surface area contributed by atoms with Crippen molar-refractivity contribution < 1.29 is 14.3 Å². The molecule has 0 amide bonds. The molecule has 0 spiro atoms. The van der Waals surface area contributed by atoms with E-state index in [4.69, 9.17) is 9.47 Å². The van der Waals surface area contributed by atoms with Gasteiger partial charge in [0.15, 0.2) is 0 Å². The molecular formula is C12H20N2O3. The number of cyclic esters (lactones) is 1. The minimum atomic E-state index is -0.109. The van der Waals surface area contributed by atoms with Crippen molar-refractivity contribution in [3.63, 3.8) is 0 Å². The van der Waals surface area contributed by atoms with Crippen LogP contribution in [0.2, 0.25) is 0 Å². The molecule has 2 saturated heterocycles. The van der Waals surface area contributed by atoms with E-state index in [1.165, 1.54) is 0 Å². The highest BCUT2D eigenvalue weighted by atomic mass is 16.5. The van der Waals surface area contributed by atoms with Crippen molar-refractivity contribution in [1.29, 1.82) is 0 Å². The van der Waals surface area contributed by atoms with E-state index in [0.717, 1.165) is 32.4 Å². The molecule has 0 radical (unpaired) electrons. The van der Waals surface area contributed by atoms with Gasteiger partial charge in [0.25, 0.3) is 0 Å². The van der Waals surface area contributed by atoms with Crippen LogP contribution >= 0.6 is 0 Å². The van der Waals surface area contributed by atoms with Crippen molar-refractivity contribution in [2.24, 2.45) is 11.0 Å². The van der Waals surface area contributed by atoms with Crippen LogP contribution in [0.5, 0.6) is 0 Å². The highest BCUT2D eigenvalue weighted by molar-refractivity contribution is 5.76. The zero-order valence-corrected chi connectivity index (χ0v) is 10.3. The molecule has 0 aromatic heterocycles. The maximum absolute atomic E-state index is 11.1. The molecule has 0 aliphatic carbocycles. The lowest BCUT2D eigenvalue weighted by Crippen LogP contribution is -2.29. The summed E-state index contributed by atoms with van der Waals surface area (Å²) >= 11 is 0. The molecular weight excluding hydrogens is 220 g/mol. The fourth-order valence-corrected chi connectivity index (χ4v) is 2.34. The second-order valence-corrected chi connectivity index (χ2v) is 4.65. The van der Waals surface area contributed by atoms with Crippen LogP contribution in [-0.4, -0.2) is 50.1 Å². The lowest BCUT2D eigenvalue weighted by Gasteiger charge is -2.22. The third kappa shape index (κ3) is 3.43. The van der Waals surface area contributed by atoms with Gasteiger partial charge in [-0.2, -0.15) is 5.10 Å². The van der Waals surface area contributed by atoms with Gasteiger partial charge in [0.2, 0.25) is 0 Å². The first-order chi connectivity index (χ1) is 8.29. The van der Waals surface area contributed by atoms with Gasteiger partial charge in [-0.25, -0.2) is 0 Å². The van der Waals surface area contributed by atoms with Crippen molar-refractivity contribution in [1.82, 2.24) is 5.01 Å². The fourth-order valence-electron chi connectivity index (χ4n) is 2.34. The Hall–Kier alpha value is -1.10. The summed E-state index contributed by atoms with van der Waals surface area (Å²) in [6.07, 6.45) is 5.56. The lowest BCUT2D eigenvalue weighted by molar-refractivity contribution is -0.147. The first kappa shape index (κ1) is 12.4. The molecule has 0 aromatic rings. The number of methoxy groups -OCH3 is 1. The molecule has 2 aliphatic rings. The van der Waals surface area contributed by atoms with Gasteiger partial charge < -0.3 is 9.47 Å². The summed E-state index contributed by atoms with van der Waals surface area (Å²) in [7, 11) is 1.72. The average Bonchev–Trinajstić information content (AvgIpc) is 2.75. The largest absolute Gasteiger partial charge is 0.466 e. The Labute approximate surface area is 102 Å². The Bertz CT molecular complexity index is 293. The molecule has 2 rings (SSSR count). The number of carbonyl (C=O) groups is 1. The van der Waals surface area contributed by atoms with Gasteiger partial charge in [-0.15, -0.1) is 0 Å². The van der Waals surface area contributed by atoms with Gasteiger partial charge >= 0.3 is 5.97 Å². The van der Waals surface area contributed by atoms with Crippen molar-refractivity contribution in [2.75, 3.05) is 26.9 Å². The predicted octanol–water partition coefficient (Wildman–Crippen LogP) is 1.04. The number of rotatable bonds is 4. The van der Waals surface area contributed by atoms with Crippen LogP contribution in [0.4, 0.5) is 0 Å². The molecule has 5 heteroatoms. The number of nitrogens with zero attached hydrogens (tertiary/aromatic N) is 2. The molecule has 17 heavy (non-hydrogen) atoms. The topological polar surface area (TPSA) is 51.1 Å². The Kier molecular flexibility index (Phi) is 4.36. The smallest absolute Gasteiger partial charge is 0.306 e. The van der Waals surface area contributed by atoms with Gasteiger partial charge in [0.1, 0.15) is 0 Å². The summed E-state index contributed by atoms with van der Waals surface area (Å²) in [4.78, 5) is 11.1. The number of ether oxygens (including phenoxy) is 2. The minimum Gasteiger partial charge on any atom is -0.466 e. The van der Waals surface area contributed by atoms with Crippen LogP contribution < -0.4 is 0 Å². The molecule has 0 aromatic carbocycles. The van der Waals surface area contributed by atoms with Crippen LogP contribution in [0.3, 0.4) is 0 Å². The molecule has 5 nitrogen and oxygen atoms in total. The quantitative estimate of drug-likeness (QED) is 0.544. The van der Waals surface area contributed by atoms with E-state index in [0.29, 0.717) is 19.1 Å². The van der Waals surface area contributed by atoms with E-state index in [1.807, 2.05) is 6.21 Å². The molecule has 0 saturated carbocycles. The summed E-state index contributed by atoms with van der Waals surface area (Å²) < 4.78 is 10.1. The fraction of sp³-hybridized carbons (Fsp3) is 0.833. The van der Waals surface area contributed by atoms with Crippen LogP contribution in [0.15, 0.2) is 5.10 Å². The molecule has 0 unspecified atom stereocenters. The summed E-state index contributed by atoms with van der Waals surface area (Å²) in [5.41, 5.74) is 0. The summed E-state index contributed by atoms with van der Waals surface area (Å²) in [6.45, 7) is 2.24. The summed E-state index contributed by atoms with van der Waals surface area (Å²) in [5, 5.41) is 6.59. The Balaban J connectivity index is 1.84. The number of hydrazone groups is 1. The maximum Gasteiger partial charge on any atom is 0.306 e. The van der Waals surface area contributed by atoms with Crippen molar-refractivity contribution in [3.05, 3.63) is 0 Å². The number of esters is 1. The Morgan fingerprint density at radius 1 is 1.59 bits per heavy atom. The number of carbonyl (C=O) groups excluding carboxylic acids is 1. The first-order valence-electron chi connectivity index (χ1n) is 6.25. The third-order valence-corrected chi connectivity index (χ3v) is 3.31. The van der Waals surface area contributed by atoms with Gasteiger partial charge in [0.05, 0.1) is 25.7 Å². The third-order valence-electron chi connectivity index (χ3n) is 3.31. The molecule has 2 heterocycles. The first-order valence-corrected chi connectivity index (χ1v) is 6.25. The van der Waals surface area contributed by atoms with Crippen molar-refractivity contribution >= 4 is 12.2 Å². The van der Waals surface area contributed by atoms with Crippen LogP contribution in [0.1, 0.15) is 25.7 Å². The molecule has 96 valence electrons. The lowest BCUT2D eigenvalue weighted by atomic mass is 10.0. The average molecular weight is 240 g/mol. The highest BCUT2D eigenvalue weighted by Gasteiger charge is 2.24. The molecule has 0 N–H and O–H groups in total. The monoisotopic (exact) mass is 240 g/mol. The van der Waals surface area contributed by atoms with E-state index in [2.05, 4.69) is 10.1 Å². The van der Waals surface area contributed by atoms with Crippen LogP contribution in [-0.2, 0) is 14.3 Å². The zero-order chi connectivity index (χ0) is 12.1. The predicted molar refractivity (Wildman–Crippen MR) is 63.8 cm³/mol. The second-order valence-electron chi connectivity index (χ2n) is 4.65. The molecule has 2 fully saturated rings. The van der Waals surface area contributed by atoms with Gasteiger partial charge in [0, 0.05) is 25.8 Å². The number of hydrogen-bond acceptors (Lipinski definition) is 5. The van der Waals surface area contributed by atoms with E-state index in [-0.39, 0.29) is 11.9 Å². The molecule has 2 aliphatic heterocycles. The van der Waals surface area contributed by atoms with Crippen LogP contribution in [0, 0.1) is 5.92 Å². The number of hydrogen-bond donors (Lipinski definition) is 0. The van der Waals surface area contributed by atoms with Gasteiger partial charge in [-0.1, -0.05) is 0 Å². The van der Waals surface area contributed by atoms with Gasteiger partial charge in [-0.3, -0.25) is 9.80 Å². The SMILES string of the molecule is COC[C@@H]1CCCN1/N=C/[C@@H]1CCOC(=O)C1. The standard InChI is InChI=1S/C12H20N2O3/c1-16-9-11-3-2-5-14(11)13-8-10-4-6-17-12(15)7-10/h8,10-11H,2-7,9H2,1H3/b13-8+/t10-,11+/m1/s1. The van der Waals surface area contributed by atoms with E-state index in [9.17, 15) is 4.79 Å². The normalized spacial score (nSPS) is 29.9. The van der Waals surface area contributed by atoms with E-state index < -0.39 is 0 Å². The van der Waals surface area contributed by atoms with Gasteiger partial charge in [-0.05, 0) is 19.3 Å². The van der Waals surface area contributed by atoms with Crippen LogP contribution in [0.25, 0.3) is 0 Å². The zero-order valence-electron chi connectivity index (χ0n) is 10.3. The Morgan fingerprint density at radius 3 is 3.24 bits per heavy atom. The van der Waals surface area contributed by atoms with E-state index in [1.54, 1.807) is 7.11 Å². The summed E-state index contributed by atoms with van der Waals surface area (Å²) in [6, 6.07) is 0.395. The minimum absolute atomic E-state index is 0.109. The maximum atomic E-state index is 11.1.